The summed E-state index contributed by atoms with van der Waals surface area (Å²) in [5, 5.41) is 36.7. The Morgan fingerprint density at radius 3 is 0.919 bits per heavy atom. The normalized spacial score (nSPS) is 12.2. The largest absolute Gasteiger partial charge is 0.192 e. The summed E-state index contributed by atoms with van der Waals surface area (Å²) in [5.41, 5.74) is 15.9. The molecule has 0 bridgehead atoms. The van der Waals surface area contributed by atoms with E-state index < -0.39 is 0 Å². The topological polar surface area (TPSA) is 47.6 Å². The van der Waals surface area contributed by atoms with Crippen molar-refractivity contribution in [3.05, 3.63) is 193 Å². The van der Waals surface area contributed by atoms with Gasteiger partial charge in [0.2, 0.25) is 0 Å². The van der Waals surface area contributed by atoms with Crippen molar-refractivity contribution in [2.45, 2.75) is 0 Å². The van der Waals surface area contributed by atoms with Gasteiger partial charge in [-0.25, -0.2) is 0 Å². The minimum Gasteiger partial charge on any atom is -0.192 e. The first kappa shape index (κ1) is 33.3. The van der Waals surface area contributed by atoms with E-state index >= 15 is 0 Å². The van der Waals surface area contributed by atoms with Gasteiger partial charge in [0.25, 0.3) is 0 Å². The van der Waals surface area contributed by atoms with Gasteiger partial charge in [0, 0.05) is 10.8 Å². The molecule has 0 saturated carbocycles. The molecule has 0 aromatic heterocycles. The van der Waals surface area contributed by atoms with E-state index in [-0.39, 0.29) is 0 Å². The van der Waals surface area contributed by atoms with Crippen LogP contribution in [0.15, 0.2) is 182 Å². The van der Waals surface area contributed by atoms with Crippen LogP contribution >= 0.6 is 0 Å². The third-order valence-electron chi connectivity index (χ3n) is 14.0. The molecule has 12 aromatic carbocycles. The molecule has 12 aromatic rings. The summed E-state index contributed by atoms with van der Waals surface area (Å²) in [7, 11) is 0. The molecule has 0 saturated heterocycles. The number of hydrogen-bond donors (Lipinski definition) is 0. The Balaban J connectivity index is 1.20. The van der Waals surface area contributed by atoms with Crippen LogP contribution in [-0.4, -0.2) is 0 Å². The number of hydrogen-bond acceptors (Lipinski definition) is 2. The molecule has 0 fully saturated rings. The number of nitrogens with zero attached hydrogens (tertiary/aromatic N) is 2. The summed E-state index contributed by atoms with van der Waals surface area (Å²) < 4.78 is 0. The number of rotatable bonds is 2. The lowest BCUT2D eigenvalue weighted by molar-refractivity contribution is 1.50. The van der Waals surface area contributed by atoms with Crippen molar-refractivity contribution in [2.24, 2.45) is 0 Å². The SMILES string of the molecule is N#Cc1ccc(-c2cc3c4cc5c(cc4c(-c4ccc(C#N)c6ccccc46)cc3c3cc4c(cc23)-c2cccc3cccc-4c23)-c2cccc3cccc-5c23)c2ccccc12. The quantitative estimate of drug-likeness (QED) is 0.164. The van der Waals surface area contributed by atoms with Crippen molar-refractivity contribution in [1.82, 2.24) is 0 Å². The highest BCUT2D eigenvalue weighted by atomic mass is 14.3. The van der Waals surface area contributed by atoms with E-state index in [2.05, 4.69) is 170 Å². The summed E-state index contributed by atoms with van der Waals surface area (Å²) in [6, 6.07) is 71.1. The highest BCUT2D eigenvalue weighted by Crippen LogP contribution is 2.54. The van der Waals surface area contributed by atoms with Crippen LogP contribution < -0.4 is 0 Å². The lowest BCUT2D eigenvalue weighted by Gasteiger charge is -2.20. The fourth-order valence-electron chi connectivity index (χ4n) is 11.3. The maximum absolute atomic E-state index is 10.2. The summed E-state index contributed by atoms with van der Waals surface area (Å²) >= 11 is 0. The Bertz CT molecular complexity index is 3890. The van der Waals surface area contributed by atoms with Crippen LogP contribution in [0.3, 0.4) is 0 Å². The van der Waals surface area contributed by atoms with Crippen molar-refractivity contribution < 1.29 is 0 Å². The molecule has 0 unspecified atom stereocenters. The predicted molar refractivity (Wildman–Crippen MR) is 258 cm³/mol. The van der Waals surface area contributed by atoms with Gasteiger partial charge in [-0.05, 0) is 180 Å². The van der Waals surface area contributed by atoms with Crippen molar-refractivity contribution in [3.8, 4) is 78.9 Å². The van der Waals surface area contributed by atoms with Gasteiger partial charge in [-0.15, -0.1) is 0 Å². The van der Waals surface area contributed by atoms with E-state index in [1.54, 1.807) is 0 Å². The average Bonchev–Trinajstić information content (AvgIpc) is 3.82. The zero-order valence-electron chi connectivity index (χ0n) is 33.2. The van der Waals surface area contributed by atoms with Crippen LogP contribution in [0.1, 0.15) is 11.1 Å². The van der Waals surface area contributed by atoms with Gasteiger partial charge in [-0.1, -0.05) is 133 Å². The fraction of sp³-hybridized carbons (Fsp3) is 0. The van der Waals surface area contributed by atoms with Gasteiger partial charge in [-0.3, -0.25) is 0 Å². The summed E-state index contributed by atoms with van der Waals surface area (Å²) in [4.78, 5) is 0. The van der Waals surface area contributed by atoms with E-state index in [0.29, 0.717) is 11.1 Å². The second-order valence-corrected chi connectivity index (χ2v) is 16.9. The average molecular weight is 779 g/mol. The molecular weight excluding hydrogens is 749 g/mol. The fourth-order valence-corrected chi connectivity index (χ4v) is 11.3. The van der Waals surface area contributed by atoms with Crippen LogP contribution in [0, 0.1) is 22.7 Å². The van der Waals surface area contributed by atoms with E-state index in [9.17, 15) is 10.5 Å². The third-order valence-corrected chi connectivity index (χ3v) is 14.0. The first-order valence-electron chi connectivity index (χ1n) is 21.1. The van der Waals surface area contributed by atoms with Crippen LogP contribution in [-0.2, 0) is 0 Å². The summed E-state index contributed by atoms with van der Waals surface area (Å²) in [6.45, 7) is 0. The Hall–Kier alpha value is -8.56. The molecule has 2 aliphatic rings. The molecule has 14 rings (SSSR count). The number of fused-ring (bicyclic) bond motifs is 13. The Kier molecular flexibility index (Phi) is 6.45. The number of benzene rings is 12. The standard InChI is InChI=1S/C60H30N2/c61-31-35-21-23-41(39-15-3-1-13-37(35)39)47-25-55-56(57-29-51-45-19-7-11-33-9-5-17-43(59(33)45)49(51)27-53(47)57)26-48(42-24-22-36(32-62)38-14-2-4-16-40(38)42)54-28-50-44-18-6-10-34-12-8-20-46(60(34)44)52(50)30-58(54)55/h1-30H. The minimum atomic E-state index is 0.673. The molecule has 0 N–H and O–H groups in total. The maximum Gasteiger partial charge on any atom is 0.0998 e. The van der Waals surface area contributed by atoms with E-state index in [1.165, 1.54) is 98.4 Å². The predicted octanol–water partition coefficient (Wildman–Crippen LogP) is 16.1. The van der Waals surface area contributed by atoms with Crippen molar-refractivity contribution in [1.29, 1.82) is 10.5 Å². The highest BCUT2D eigenvalue weighted by Gasteiger charge is 2.27. The Morgan fingerprint density at radius 2 is 0.548 bits per heavy atom. The van der Waals surface area contributed by atoms with Crippen LogP contribution in [0.2, 0.25) is 0 Å². The van der Waals surface area contributed by atoms with Crippen LogP contribution in [0.25, 0.3) is 142 Å². The molecule has 2 heteroatoms. The molecular formula is C60H30N2. The van der Waals surface area contributed by atoms with Gasteiger partial charge in [0.15, 0.2) is 0 Å². The Morgan fingerprint density at radius 1 is 0.226 bits per heavy atom. The van der Waals surface area contributed by atoms with Crippen LogP contribution in [0.4, 0.5) is 0 Å². The summed E-state index contributed by atoms with van der Waals surface area (Å²) in [5.74, 6) is 0. The lowest BCUT2D eigenvalue weighted by Crippen LogP contribution is -1.93. The molecule has 280 valence electrons. The van der Waals surface area contributed by atoms with Gasteiger partial charge >= 0.3 is 0 Å². The number of nitriles is 2. The zero-order chi connectivity index (χ0) is 40.8. The van der Waals surface area contributed by atoms with Gasteiger partial charge < -0.3 is 0 Å². The monoisotopic (exact) mass is 778 g/mol. The second kappa shape index (κ2) is 12.0. The minimum absolute atomic E-state index is 0.673. The first-order chi connectivity index (χ1) is 30.7. The van der Waals surface area contributed by atoms with Gasteiger partial charge in [0.1, 0.15) is 0 Å². The van der Waals surface area contributed by atoms with Crippen molar-refractivity contribution >= 4 is 75.4 Å². The molecule has 2 aliphatic carbocycles. The highest BCUT2D eigenvalue weighted by molar-refractivity contribution is 6.30. The third kappa shape index (κ3) is 4.25. The molecule has 0 heterocycles. The molecule has 0 spiro atoms. The van der Waals surface area contributed by atoms with E-state index in [0.717, 1.165) is 43.8 Å². The van der Waals surface area contributed by atoms with Crippen molar-refractivity contribution in [3.63, 3.8) is 0 Å². The smallest absolute Gasteiger partial charge is 0.0998 e. The molecule has 0 atom stereocenters. The second-order valence-electron chi connectivity index (χ2n) is 16.9. The molecule has 2 nitrogen and oxygen atoms in total. The molecule has 0 aliphatic heterocycles. The summed E-state index contributed by atoms with van der Waals surface area (Å²) in [6.07, 6.45) is 0. The Labute approximate surface area is 356 Å². The first-order valence-corrected chi connectivity index (χ1v) is 21.1. The van der Waals surface area contributed by atoms with Gasteiger partial charge in [-0.2, -0.15) is 10.5 Å². The van der Waals surface area contributed by atoms with E-state index in [4.69, 9.17) is 0 Å². The van der Waals surface area contributed by atoms with Gasteiger partial charge in [0.05, 0.1) is 23.3 Å². The van der Waals surface area contributed by atoms with E-state index in [1.807, 2.05) is 24.3 Å². The van der Waals surface area contributed by atoms with Crippen LogP contribution in [0.5, 0.6) is 0 Å². The molecule has 62 heavy (non-hydrogen) atoms. The zero-order valence-corrected chi connectivity index (χ0v) is 33.2. The molecule has 0 radical (unpaired) electrons. The van der Waals surface area contributed by atoms with Crippen molar-refractivity contribution in [2.75, 3.05) is 0 Å². The maximum atomic E-state index is 10.2. The molecule has 0 amide bonds. The lowest BCUT2D eigenvalue weighted by atomic mass is 9.83.